The second-order valence-electron chi connectivity index (χ2n) is 7.60. The highest BCUT2D eigenvalue weighted by Crippen LogP contribution is 2.38. The Morgan fingerprint density at radius 3 is 2.41 bits per heavy atom. The van der Waals surface area contributed by atoms with Gasteiger partial charge in [-0.3, -0.25) is 9.59 Å². The van der Waals surface area contributed by atoms with E-state index in [0.29, 0.717) is 30.4 Å². The molecule has 0 aromatic heterocycles. The van der Waals surface area contributed by atoms with E-state index in [-0.39, 0.29) is 17.7 Å². The highest BCUT2D eigenvalue weighted by Gasteiger charge is 2.39. The molecule has 1 aliphatic carbocycles. The van der Waals surface area contributed by atoms with Crippen LogP contribution in [0.15, 0.2) is 46.9 Å². The standard InChI is InChI=1S/C22H24BrN3O3/c1-14-12-18(14)22(28)24-17-5-2-15(3-6-17)21(27)25-19-13-16(23)4-7-20(19)26-8-10-29-11-9-26/h2-7,13-14,18H,8-12H2,1H3,(H,24,28)(H,25,27). The van der Waals surface area contributed by atoms with Crippen LogP contribution in [0.5, 0.6) is 0 Å². The molecule has 1 saturated heterocycles. The maximum absolute atomic E-state index is 12.8. The largest absolute Gasteiger partial charge is 0.378 e. The highest BCUT2D eigenvalue weighted by atomic mass is 79.9. The molecule has 2 aromatic carbocycles. The predicted molar refractivity (Wildman–Crippen MR) is 117 cm³/mol. The molecule has 2 amide bonds. The molecular formula is C22H24BrN3O3. The van der Waals surface area contributed by atoms with E-state index in [9.17, 15) is 9.59 Å². The zero-order valence-corrected chi connectivity index (χ0v) is 17.9. The van der Waals surface area contributed by atoms with E-state index in [4.69, 9.17) is 4.74 Å². The third kappa shape index (κ3) is 4.79. The molecule has 6 nitrogen and oxygen atoms in total. The van der Waals surface area contributed by atoms with Crippen molar-refractivity contribution in [3.05, 3.63) is 52.5 Å². The molecule has 0 radical (unpaired) electrons. The first-order valence-electron chi connectivity index (χ1n) is 9.86. The van der Waals surface area contributed by atoms with Gasteiger partial charge in [-0.2, -0.15) is 0 Å². The fraction of sp³-hybridized carbons (Fsp3) is 0.364. The lowest BCUT2D eigenvalue weighted by Crippen LogP contribution is -2.36. The van der Waals surface area contributed by atoms with Crippen molar-refractivity contribution in [3.63, 3.8) is 0 Å². The maximum Gasteiger partial charge on any atom is 0.255 e. The number of morpholine rings is 1. The van der Waals surface area contributed by atoms with Crippen molar-refractivity contribution >= 4 is 44.8 Å². The van der Waals surface area contributed by atoms with E-state index in [0.717, 1.165) is 35.4 Å². The number of halogens is 1. The molecule has 152 valence electrons. The lowest BCUT2D eigenvalue weighted by Gasteiger charge is -2.30. The number of ether oxygens (including phenoxy) is 1. The molecule has 7 heteroatoms. The molecule has 2 aromatic rings. The number of carbonyl (C=O) groups is 2. The number of benzene rings is 2. The molecule has 2 fully saturated rings. The summed E-state index contributed by atoms with van der Waals surface area (Å²) in [7, 11) is 0. The Balaban J connectivity index is 1.45. The topological polar surface area (TPSA) is 70.7 Å². The average molecular weight is 458 g/mol. The summed E-state index contributed by atoms with van der Waals surface area (Å²) in [5.41, 5.74) is 2.98. The fourth-order valence-corrected chi connectivity index (χ4v) is 3.87. The lowest BCUT2D eigenvalue weighted by atomic mass is 10.1. The number of hydrogen-bond acceptors (Lipinski definition) is 4. The second-order valence-corrected chi connectivity index (χ2v) is 8.52. The predicted octanol–water partition coefficient (Wildman–Crippen LogP) is 4.13. The number of amides is 2. The van der Waals surface area contributed by atoms with Crippen LogP contribution >= 0.6 is 15.9 Å². The van der Waals surface area contributed by atoms with Crippen LogP contribution in [0, 0.1) is 11.8 Å². The first kappa shape index (κ1) is 19.9. The summed E-state index contributed by atoms with van der Waals surface area (Å²) in [6.45, 7) is 5.01. The van der Waals surface area contributed by atoms with Crippen molar-refractivity contribution in [3.8, 4) is 0 Å². The Bertz CT molecular complexity index is 910. The van der Waals surface area contributed by atoms with Gasteiger partial charge in [0.25, 0.3) is 5.91 Å². The molecule has 1 heterocycles. The van der Waals surface area contributed by atoms with Crippen molar-refractivity contribution in [1.29, 1.82) is 0 Å². The zero-order chi connectivity index (χ0) is 20.4. The summed E-state index contributed by atoms with van der Waals surface area (Å²) in [6.07, 6.45) is 0.949. The Kier molecular flexibility index (Phi) is 5.87. The second kappa shape index (κ2) is 8.55. The van der Waals surface area contributed by atoms with E-state index < -0.39 is 0 Å². The molecule has 1 aliphatic heterocycles. The molecule has 29 heavy (non-hydrogen) atoms. The summed E-state index contributed by atoms with van der Waals surface area (Å²) >= 11 is 3.49. The summed E-state index contributed by atoms with van der Waals surface area (Å²) in [6, 6.07) is 12.9. The average Bonchev–Trinajstić information content (AvgIpc) is 3.46. The van der Waals surface area contributed by atoms with E-state index >= 15 is 0 Å². The van der Waals surface area contributed by atoms with Gasteiger partial charge in [-0.25, -0.2) is 0 Å². The molecule has 2 atom stereocenters. The van der Waals surface area contributed by atoms with Crippen molar-refractivity contribution in [2.45, 2.75) is 13.3 Å². The van der Waals surface area contributed by atoms with Crippen LogP contribution in [-0.4, -0.2) is 38.1 Å². The first-order chi connectivity index (χ1) is 14.0. The van der Waals surface area contributed by atoms with E-state index in [1.807, 2.05) is 18.2 Å². The van der Waals surface area contributed by atoms with E-state index in [1.165, 1.54) is 0 Å². The van der Waals surface area contributed by atoms with Crippen LogP contribution < -0.4 is 15.5 Å². The van der Waals surface area contributed by atoms with Gasteiger partial charge in [-0.1, -0.05) is 22.9 Å². The van der Waals surface area contributed by atoms with Gasteiger partial charge in [0.15, 0.2) is 0 Å². The molecule has 2 aliphatic rings. The van der Waals surface area contributed by atoms with E-state index in [2.05, 4.69) is 38.4 Å². The number of hydrogen-bond donors (Lipinski definition) is 2. The number of rotatable bonds is 5. The van der Waals surface area contributed by atoms with Crippen molar-refractivity contribution < 1.29 is 14.3 Å². The third-order valence-electron chi connectivity index (χ3n) is 5.42. The Labute approximate surface area is 178 Å². The Morgan fingerprint density at radius 2 is 1.76 bits per heavy atom. The summed E-state index contributed by atoms with van der Waals surface area (Å²) < 4.78 is 6.33. The maximum atomic E-state index is 12.8. The van der Waals surface area contributed by atoms with Gasteiger partial charge in [0, 0.05) is 34.7 Å². The summed E-state index contributed by atoms with van der Waals surface area (Å²) in [5.74, 6) is 0.448. The molecular weight excluding hydrogens is 434 g/mol. The smallest absolute Gasteiger partial charge is 0.255 e. The van der Waals surface area contributed by atoms with Crippen LogP contribution in [0.1, 0.15) is 23.7 Å². The van der Waals surface area contributed by atoms with Gasteiger partial charge in [-0.15, -0.1) is 0 Å². The number of nitrogens with zero attached hydrogens (tertiary/aromatic N) is 1. The SMILES string of the molecule is CC1CC1C(=O)Nc1ccc(C(=O)Nc2cc(Br)ccc2N2CCOCC2)cc1. The first-order valence-corrected chi connectivity index (χ1v) is 10.6. The molecule has 0 bridgehead atoms. The fourth-order valence-electron chi connectivity index (χ4n) is 3.51. The molecule has 1 saturated carbocycles. The van der Waals surface area contributed by atoms with Crippen molar-refractivity contribution in [2.75, 3.05) is 41.8 Å². The van der Waals surface area contributed by atoms with Crippen LogP contribution in [0.4, 0.5) is 17.1 Å². The van der Waals surface area contributed by atoms with Gasteiger partial charge < -0.3 is 20.3 Å². The monoisotopic (exact) mass is 457 g/mol. The molecule has 2 N–H and O–H groups in total. The van der Waals surface area contributed by atoms with Crippen LogP contribution in [0.2, 0.25) is 0 Å². The van der Waals surface area contributed by atoms with Gasteiger partial charge in [0.05, 0.1) is 24.6 Å². The minimum atomic E-state index is -0.189. The molecule has 2 unspecified atom stereocenters. The molecule has 4 rings (SSSR count). The Morgan fingerprint density at radius 1 is 1.07 bits per heavy atom. The molecule has 0 spiro atoms. The summed E-state index contributed by atoms with van der Waals surface area (Å²) in [5, 5.41) is 5.93. The number of anilines is 3. The van der Waals surface area contributed by atoms with Gasteiger partial charge >= 0.3 is 0 Å². The quantitative estimate of drug-likeness (QED) is 0.707. The van der Waals surface area contributed by atoms with E-state index in [1.54, 1.807) is 24.3 Å². The van der Waals surface area contributed by atoms with Gasteiger partial charge in [-0.05, 0) is 54.8 Å². The van der Waals surface area contributed by atoms with Crippen LogP contribution in [0.3, 0.4) is 0 Å². The number of nitrogens with one attached hydrogen (secondary N) is 2. The Hall–Kier alpha value is -2.38. The van der Waals surface area contributed by atoms with Crippen LogP contribution in [-0.2, 0) is 9.53 Å². The minimum Gasteiger partial charge on any atom is -0.378 e. The van der Waals surface area contributed by atoms with Gasteiger partial charge in [0.1, 0.15) is 0 Å². The normalized spacial score (nSPS) is 20.8. The summed E-state index contributed by atoms with van der Waals surface area (Å²) in [4.78, 5) is 27.1. The van der Waals surface area contributed by atoms with Gasteiger partial charge in [0.2, 0.25) is 5.91 Å². The third-order valence-corrected chi connectivity index (χ3v) is 5.91. The van der Waals surface area contributed by atoms with Crippen molar-refractivity contribution in [2.24, 2.45) is 11.8 Å². The van der Waals surface area contributed by atoms with Crippen molar-refractivity contribution in [1.82, 2.24) is 0 Å². The number of carbonyl (C=O) groups excluding carboxylic acids is 2. The zero-order valence-electron chi connectivity index (χ0n) is 16.3. The minimum absolute atomic E-state index is 0.0546. The van der Waals surface area contributed by atoms with Crippen LogP contribution in [0.25, 0.3) is 0 Å². The lowest BCUT2D eigenvalue weighted by molar-refractivity contribution is -0.117. The highest BCUT2D eigenvalue weighted by molar-refractivity contribution is 9.10.